The van der Waals surface area contributed by atoms with Crippen LogP contribution in [0.2, 0.25) is 0 Å². The Labute approximate surface area is 153 Å². The molecular formula is C20H23N5O. The summed E-state index contributed by atoms with van der Waals surface area (Å²) in [6.07, 6.45) is 1.73. The smallest absolute Gasteiger partial charge is 0.319 e. The first-order valence-corrected chi connectivity index (χ1v) is 8.67. The number of fused-ring (bicyclic) bond motifs is 1. The molecule has 0 spiro atoms. The lowest BCUT2D eigenvalue weighted by molar-refractivity contribution is 0.244. The second-order valence-corrected chi connectivity index (χ2v) is 6.67. The van der Waals surface area contributed by atoms with Crippen molar-refractivity contribution in [2.45, 2.75) is 33.7 Å². The third-order valence-electron chi connectivity index (χ3n) is 4.29. The number of hydrogen-bond acceptors (Lipinski definition) is 4. The largest absolute Gasteiger partial charge is 0.329 e. The molecule has 0 radical (unpaired) electrons. The lowest BCUT2D eigenvalue weighted by atomic mass is 10.0. The van der Waals surface area contributed by atoms with Crippen LogP contribution in [0.1, 0.15) is 37.0 Å². The fourth-order valence-electron chi connectivity index (χ4n) is 2.76. The van der Waals surface area contributed by atoms with Crippen molar-refractivity contribution in [1.29, 1.82) is 0 Å². The van der Waals surface area contributed by atoms with E-state index in [4.69, 9.17) is 0 Å². The molecule has 3 rings (SSSR count). The second kappa shape index (κ2) is 7.47. The van der Waals surface area contributed by atoms with E-state index in [2.05, 4.69) is 39.4 Å². The number of aromatic nitrogens is 3. The highest BCUT2D eigenvalue weighted by Crippen LogP contribution is 2.21. The predicted octanol–water partition coefficient (Wildman–Crippen LogP) is 4.16. The minimum absolute atomic E-state index is 0.165. The molecule has 1 atom stereocenters. The highest BCUT2D eigenvalue weighted by atomic mass is 16.2. The van der Waals surface area contributed by atoms with Crippen LogP contribution in [0, 0.1) is 19.8 Å². The van der Waals surface area contributed by atoms with Crippen LogP contribution in [0.25, 0.3) is 11.0 Å². The second-order valence-electron chi connectivity index (χ2n) is 6.67. The topological polar surface area (TPSA) is 79.8 Å². The van der Waals surface area contributed by atoms with Gasteiger partial charge in [0.05, 0.1) is 34.2 Å². The van der Waals surface area contributed by atoms with Crippen LogP contribution in [0.5, 0.6) is 0 Å². The third kappa shape index (κ3) is 3.96. The maximum absolute atomic E-state index is 12.5. The zero-order valence-electron chi connectivity index (χ0n) is 15.4. The number of pyridine rings is 1. The van der Waals surface area contributed by atoms with Crippen molar-refractivity contribution in [2.75, 3.05) is 5.32 Å². The Morgan fingerprint density at radius 1 is 1.00 bits per heavy atom. The Hall–Kier alpha value is -3.02. The Morgan fingerprint density at radius 2 is 1.73 bits per heavy atom. The fraction of sp³-hybridized carbons (Fsp3) is 0.300. The van der Waals surface area contributed by atoms with Crippen LogP contribution in [0.3, 0.4) is 0 Å². The van der Waals surface area contributed by atoms with Gasteiger partial charge in [-0.2, -0.15) is 0 Å². The van der Waals surface area contributed by atoms with E-state index in [0.29, 0.717) is 5.69 Å². The Balaban J connectivity index is 1.76. The molecular weight excluding hydrogens is 326 g/mol. The summed E-state index contributed by atoms with van der Waals surface area (Å²) >= 11 is 0. The quantitative estimate of drug-likeness (QED) is 0.741. The van der Waals surface area contributed by atoms with Gasteiger partial charge in [-0.25, -0.2) is 14.8 Å². The van der Waals surface area contributed by atoms with Crippen molar-refractivity contribution in [3.63, 3.8) is 0 Å². The van der Waals surface area contributed by atoms with Crippen molar-refractivity contribution in [3.8, 4) is 0 Å². The van der Waals surface area contributed by atoms with E-state index in [1.807, 2.05) is 50.2 Å². The summed E-state index contributed by atoms with van der Waals surface area (Å²) in [5, 5.41) is 5.88. The normalized spacial score (nSPS) is 12.2. The average molecular weight is 349 g/mol. The lowest BCUT2D eigenvalue weighted by Gasteiger charge is -2.22. The van der Waals surface area contributed by atoms with Gasteiger partial charge < -0.3 is 10.6 Å². The van der Waals surface area contributed by atoms with Gasteiger partial charge in [0.1, 0.15) is 0 Å². The van der Waals surface area contributed by atoms with Crippen molar-refractivity contribution in [2.24, 2.45) is 5.92 Å². The summed E-state index contributed by atoms with van der Waals surface area (Å²) in [5.41, 5.74) is 4.88. The summed E-state index contributed by atoms with van der Waals surface area (Å²) < 4.78 is 0. The minimum Gasteiger partial charge on any atom is -0.329 e. The lowest BCUT2D eigenvalue weighted by Crippen LogP contribution is -2.35. The van der Waals surface area contributed by atoms with E-state index in [1.165, 1.54) is 0 Å². The Morgan fingerprint density at radius 3 is 2.38 bits per heavy atom. The fourth-order valence-corrected chi connectivity index (χ4v) is 2.76. The molecule has 3 aromatic rings. The molecule has 26 heavy (non-hydrogen) atoms. The first kappa shape index (κ1) is 17.8. The van der Waals surface area contributed by atoms with Gasteiger partial charge in [0.25, 0.3) is 0 Å². The summed E-state index contributed by atoms with van der Waals surface area (Å²) in [7, 11) is 0. The molecule has 0 saturated carbocycles. The molecule has 0 aliphatic rings. The SMILES string of the molecule is Cc1nc2ccc(NC(=O)N[C@H](c3ccccn3)C(C)C)cc2nc1C. The van der Waals surface area contributed by atoms with E-state index in [1.54, 1.807) is 6.20 Å². The van der Waals surface area contributed by atoms with E-state index in [-0.39, 0.29) is 18.0 Å². The summed E-state index contributed by atoms with van der Waals surface area (Å²) in [5.74, 6) is 0.212. The molecule has 0 fully saturated rings. The van der Waals surface area contributed by atoms with E-state index < -0.39 is 0 Å². The molecule has 1 aromatic carbocycles. The maximum Gasteiger partial charge on any atom is 0.319 e. The minimum atomic E-state index is -0.273. The van der Waals surface area contributed by atoms with Crippen molar-refractivity contribution in [3.05, 3.63) is 59.7 Å². The van der Waals surface area contributed by atoms with Crippen LogP contribution in [-0.2, 0) is 0 Å². The number of nitrogens with zero attached hydrogens (tertiary/aromatic N) is 3. The number of aryl methyl sites for hydroxylation is 2. The zero-order valence-corrected chi connectivity index (χ0v) is 15.4. The van der Waals surface area contributed by atoms with Crippen molar-refractivity contribution < 1.29 is 4.79 Å². The van der Waals surface area contributed by atoms with Crippen molar-refractivity contribution >= 4 is 22.8 Å². The van der Waals surface area contributed by atoms with Crippen LogP contribution in [0.15, 0.2) is 42.6 Å². The molecule has 0 saturated heterocycles. The Kier molecular flexibility index (Phi) is 5.11. The van der Waals surface area contributed by atoms with Crippen LogP contribution >= 0.6 is 0 Å². The molecule has 2 amide bonds. The number of anilines is 1. The Bertz CT molecular complexity index is 924. The summed E-state index contributed by atoms with van der Waals surface area (Å²) in [4.78, 5) is 25.9. The average Bonchev–Trinajstić information content (AvgIpc) is 2.61. The number of nitrogens with one attached hydrogen (secondary N) is 2. The van der Waals surface area contributed by atoms with E-state index in [9.17, 15) is 4.79 Å². The molecule has 0 aliphatic heterocycles. The monoisotopic (exact) mass is 349 g/mol. The number of benzene rings is 1. The molecule has 134 valence electrons. The van der Waals surface area contributed by atoms with Gasteiger partial charge in [0.2, 0.25) is 0 Å². The van der Waals surface area contributed by atoms with Gasteiger partial charge in [0.15, 0.2) is 0 Å². The first-order valence-electron chi connectivity index (χ1n) is 8.67. The molecule has 2 N–H and O–H groups in total. The number of urea groups is 1. The summed E-state index contributed by atoms with van der Waals surface area (Å²) in [6, 6.07) is 10.8. The number of carbonyl (C=O) groups excluding carboxylic acids is 1. The predicted molar refractivity (Wildman–Crippen MR) is 103 cm³/mol. The maximum atomic E-state index is 12.5. The van der Waals surface area contributed by atoms with E-state index >= 15 is 0 Å². The van der Waals surface area contributed by atoms with Gasteiger partial charge >= 0.3 is 6.03 Å². The zero-order chi connectivity index (χ0) is 18.7. The van der Waals surface area contributed by atoms with E-state index in [0.717, 1.165) is 28.1 Å². The highest BCUT2D eigenvalue weighted by Gasteiger charge is 2.19. The molecule has 2 aromatic heterocycles. The van der Waals surface area contributed by atoms with Crippen LogP contribution < -0.4 is 10.6 Å². The van der Waals surface area contributed by atoms with Gasteiger partial charge in [-0.3, -0.25) is 4.98 Å². The summed E-state index contributed by atoms with van der Waals surface area (Å²) in [6.45, 7) is 7.96. The standard InChI is InChI=1S/C20H23N5O/c1-12(2)19(17-7-5-6-10-21-17)25-20(26)24-15-8-9-16-18(11-15)23-14(4)13(3)22-16/h5-12,19H,1-4H3,(H2,24,25,26)/t19-/m0/s1. The molecule has 0 aliphatic carbocycles. The number of carbonyl (C=O) groups is 1. The highest BCUT2D eigenvalue weighted by molar-refractivity contribution is 5.92. The molecule has 6 nitrogen and oxygen atoms in total. The molecule has 2 heterocycles. The number of rotatable bonds is 4. The van der Waals surface area contributed by atoms with Crippen molar-refractivity contribution in [1.82, 2.24) is 20.3 Å². The van der Waals surface area contributed by atoms with Crippen LogP contribution in [0.4, 0.5) is 10.5 Å². The van der Waals surface area contributed by atoms with Gasteiger partial charge in [-0.15, -0.1) is 0 Å². The molecule has 6 heteroatoms. The van der Waals surface area contributed by atoms with Gasteiger partial charge in [0, 0.05) is 11.9 Å². The van der Waals surface area contributed by atoms with Crippen LogP contribution in [-0.4, -0.2) is 21.0 Å². The first-order chi connectivity index (χ1) is 12.4. The third-order valence-corrected chi connectivity index (χ3v) is 4.29. The molecule has 0 unspecified atom stereocenters. The van der Waals surface area contributed by atoms with Gasteiger partial charge in [-0.1, -0.05) is 19.9 Å². The number of amides is 2. The molecule has 0 bridgehead atoms. The van der Waals surface area contributed by atoms with Gasteiger partial charge in [-0.05, 0) is 50.1 Å². The number of hydrogen-bond donors (Lipinski definition) is 2.